The summed E-state index contributed by atoms with van der Waals surface area (Å²) >= 11 is 4.85. The zero-order valence-corrected chi connectivity index (χ0v) is 25.0. The fourth-order valence-corrected chi connectivity index (χ4v) is 4.80. The largest absolute Gasteiger partial charge is 0.459 e. The van der Waals surface area contributed by atoms with Crippen molar-refractivity contribution in [3.63, 3.8) is 0 Å². The molecular weight excluding hydrogens is 610 g/mol. The quantitative estimate of drug-likeness (QED) is 0.0972. The Morgan fingerprint density at radius 1 is 0.565 bits per heavy atom. The highest BCUT2D eigenvalue weighted by Gasteiger charge is 2.53. The van der Waals surface area contributed by atoms with Crippen LogP contribution >= 0.6 is 12.2 Å². The summed E-state index contributed by atoms with van der Waals surface area (Å²) in [5, 5.41) is 2.21. The summed E-state index contributed by atoms with van der Waals surface area (Å²) in [5.41, 5.74) is 0.827. The molecule has 232 valence electrons. The lowest BCUT2D eigenvalue weighted by molar-refractivity contribution is -0.226. The molecule has 1 saturated heterocycles. The number of thiocarbonyl (C=S) groups is 1. The summed E-state index contributed by atoms with van der Waals surface area (Å²) in [6, 6.07) is 32.5. The minimum atomic E-state index is -1.50. The van der Waals surface area contributed by atoms with Crippen molar-refractivity contribution in [2.45, 2.75) is 30.6 Å². The summed E-state index contributed by atoms with van der Waals surface area (Å²) in [5.74, 6) is -3.07. The predicted molar refractivity (Wildman–Crippen MR) is 167 cm³/mol. The molecule has 5 rings (SSSR count). The second-order valence-electron chi connectivity index (χ2n) is 9.96. The highest BCUT2D eigenvalue weighted by Crippen LogP contribution is 2.31. The fraction of sp³-hybridized carbons (Fsp3) is 0.171. The molecule has 1 fully saturated rings. The van der Waals surface area contributed by atoms with E-state index in [1.807, 2.05) is 0 Å². The normalized spacial score (nSPS) is 20.3. The van der Waals surface area contributed by atoms with Gasteiger partial charge in [0.1, 0.15) is 12.7 Å². The van der Waals surface area contributed by atoms with Crippen LogP contribution in [0.4, 0.5) is 0 Å². The van der Waals surface area contributed by atoms with Gasteiger partial charge >= 0.3 is 23.9 Å². The Morgan fingerprint density at radius 3 is 1.35 bits per heavy atom. The lowest BCUT2D eigenvalue weighted by Crippen LogP contribution is -2.62. The van der Waals surface area contributed by atoms with Gasteiger partial charge < -0.3 is 23.7 Å². The van der Waals surface area contributed by atoms with Gasteiger partial charge in [0.2, 0.25) is 0 Å². The molecule has 1 heterocycles. The SMILES string of the molecule is O=C(OC[C@H]1O[C@H](N=C=S)[C@H](OC(=O)c2ccccc2)[C@@H](OC(=O)c2ccccc2)[C@H]1OC(=O)c1ccccc1)c1ccccc1. The van der Waals surface area contributed by atoms with Crippen LogP contribution in [-0.4, -0.2) is 66.3 Å². The van der Waals surface area contributed by atoms with Crippen LogP contribution in [0.2, 0.25) is 0 Å². The molecule has 4 aromatic rings. The topological polar surface area (TPSA) is 127 Å². The first kappa shape index (κ1) is 31.9. The van der Waals surface area contributed by atoms with Gasteiger partial charge in [-0.2, -0.15) is 4.99 Å². The predicted octanol–water partition coefficient (Wildman–Crippen LogP) is 5.35. The van der Waals surface area contributed by atoms with Crippen LogP contribution in [0.15, 0.2) is 126 Å². The van der Waals surface area contributed by atoms with Crippen molar-refractivity contribution in [1.82, 2.24) is 0 Å². The number of ether oxygens (including phenoxy) is 5. The van der Waals surface area contributed by atoms with Crippen LogP contribution in [-0.2, 0) is 23.7 Å². The first-order valence-corrected chi connectivity index (χ1v) is 14.6. The van der Waals surface area contributed by atoms with Crippen LogP contribution in [0.3, 0.4) is 0 Å². The molecule has 0 amide bonds. The lowest BCUT2D eigenvalue weighted by atomic mass is 9.97. The van der Waals surface area contributed by atoms with Crippen LogP contribution < -0.4 is 0 Å². The molecule has 10 nitrogen and oxygen atoms in total. The van der Waals surface area contributed by atoms with Crippen molar-refractivity contribution in [3.05, 3.63) is 144 Å². The standard InChI is InChI=1S/C35H27NO9S/c37-32(23-13-5-1-6-14-23)41-21-27-28(43-33(38)24-15-7-2-8-16-24)29(44-34(39)25-17-9-3-10-18-25)30(31(42-27)36-22-46)45-35(40)26-19-11-4-12-20-26/h1-20,27-31H,21H2/t27-,28+,29+,30-,31+/m1/s1. The van der Waals surface area contributed by atoms with E-state index in [1.54, 1.807) is 84.9 Å². The average molecular weight is 638 g/mol. The molecule has 0 bridgehead atoms. The third kappa shape index (κ3) is 7.96. The minimum Gasteiger partial charge on any atom is -0.459 e. The molecule has 1 aliphatic heterocycles. The number of hydrogen-bond donors (Lipinski definition) is 0. The van der Waals surface area contributed by atoms with E-state index in [4.69, 9.17) is 35.9 Å². The van der Waals surface area contributed by atoms with Gasteiger partial charge in [0, 0.05) is 0 Å². The number of hydrogen-bond acceptors (Lipinski definition) is 11. The third-order valence-electron chi connectivity index (χ3n) is 6.94. The van der Waals surface area contributed by atoms with Crippen LogP contribution in [0.25, 0.3) is 0 Å². The molecule has 0 N–H and O–H groups in total. The average Bonchev–Trinajstić information content (AvgIpc) is 3.11. The summed E-state index contributed by atoms with van der Waals surface area (Å²) in [6.07, 6.45) is -7.05. The minimum absolute atomic E-state index is 0.178. The molecule has 0 unspecified atom stereocenters. The Labute approximate surface area is 269 Å². The maximum Gasteiger partial charge on any atom is 0.338 e. The molecule has 11 heteroatoms. The van der Waals surface area contributed by atoms with Crippen LogP contribution in [0.5, 0.6) is 0 Å². The van der Waals surface area contributed by atoms with Gasteiger partial charge in [0.05, 0.1) is 27.4 Å². The lowest BCUT2D eigenvalue weighted by Gasteiger charge is -2.43. The van der Waals surface area contributed by atoms with Crippen molar-refractivity contribution in [3.8, 4) is 0 Å². The Balaban J connectivity index is 1.53. The maximum absolute atomic E-state index is 13.4. The Hall–Kier alpha value is -5.48. The van der Waals surface area contributed by atoms with Crippen molar-refractivity contribution in [2.24, 2.45) is 4.99 Å². The molecule has 0 radical (unpaired) electrons. The molecule has 46 heavy (non-hydrogen) atoms. The fourth-order valence-electron chi connectivity index (χ4n) is 4.70. The van der Waals surface area contributed by atoms with Gasteiger partial charge in [-0.25, -0.2) is 19.2 Å². The summed E-state index contributed by atoms with van der Waals surface area (Å²) < 4.78 is 29.3. The van der Waals surface area contributed by atoms with E-state index in [1.165, 1.54) is 36.4 Å². The zero-order valence-electron chi connectivity index (χ0n) is 24.2. The number of isothiocyanates is 1. The second kappa shape index (κ2) is 15.5. The van der Waals surface area contributed by atoms with Gasteiger partial charge in [0.25, 0.3) is 0 Å². The molecule has 0 aliphatic carbocycles. The van der Waals surface area contributed by atoms with Gasteiger partial charge in [-0.1, -0.05) is 72.8 Å². The summed E-state index contributed by atoms with van der Waals surface area (Å²) in [6.45, 7) is -0.456. The van der Waals surface area contributed by atoms with Crippen molar-refractivity contribution >= 4 is 41.3 Å². The van der Waals surface area contributed by atoms with E-state index in [2.05, 4.69) is 10.2 Å². The summed E-state index contributed by atoms with van der Waals surface area (Å²) in [4.78, 5) is 57.0. The number of carbonyl (C=O) groups is 4. The molecule has 0 aromatic heterocycles. The first-order valence-electron chi connectivity index (χ1n) is 14.2. The van der Waals surface area contributed by atoms with E-state index in [-0.39, 0.29) is 22.3 Å². The van der Waals surface area contributed by atoms with Crippen LogP contribution in [0.1, 0.15) is 41.4 Å². The van der Waals surface area contributed by atoms with E-state index < -0.39 is 61.1 Å². The Morgan fingerprint density at radius 2 is 0.935 bits per heavy atom. The van der Waals surface area contributed by atoms with E-state index >= 15 is 0 Å². The first-order chi connectivity index (χ1) is 22.4. The second-order valence-corrected chi connectivity index (χ2v) is 10.1. The number of aliphatic imine (C=N–C) groups is 1. The zero-order chi connectivity index (χ0) is 32.3. The Kier molecular flexibility index (Phi) is 10.8. The Bertz CT molecular complexity index is 1700. The summed E-state index contributed by atoms with van der Waals surface area (Å²) in [7, 11) is 0. The maximum atomic E-state index is 13.4. The van der Waals surface area contributed by atoms with Crippen molar-refractivity contribution in [1.29, 1.82) is 0 Å². The van der Waals surface area contributed by atoms with E-state index in [9.17, 15) is 19.2 Å². The monoisotopic (exact) mass is 637 g/mol. The third-order valence-corrected chi connectivity index (χ3v) is 7.04. The van der Waals surface area contributed by atoms with Crippen molar-refractivity contribution < 1.29 is 42.9 Å². The molecule has 0 saturated carbocycles. The highest BCUT2D eigenvalue weighted by molar-refractivity contribution is 7.78. The highest BCUT2D eigenvalue weighted by atomic mass is 32.1. The number of benzene rings is 4. The number of nitrogens with zero attached hydrogens (tertiary/aromatic N) is 1. The van der Waals surface area contributed by atoms with Gasteiger partial charge in [-0.15, -0.1) is 0 Å². The number of carbonyl (C=O) groups excluding carboxylic acids is 4. The van der Waals surface area contributed by atoms with E-state index in [0.29, 0.717) is 0 Å². The van der Waals surface area contributed by atoms with Gasteiger partial charge in [0.15, 0.2) is 24.5 Å². The van der Waals surface area contributed by atoms with Crippen molar-refractivity contribution in [2.75, 3.05) is 6.61 Å². The van der Waals surface area contributed by atoms with Gasteiger partial charge in [-0.3, -0.25) is 0 Å². The van der Waals surface area contributed by atoms with Gasteiger partial charge in [-0.05, 0) is 60.7 Å². The van der Waals surface area contributed by atoms with E-state index in [0.717, 1.165) is 0 Å². The van der Waals surface area contributed by atoms with Crippen LogP contribution in [0, 0.1) is 0 Å². The number of rotatable bonds is 10. The molecule has 0 spiro atoms. The smallest absolute Gasteiger partial charge is 0.338 e. The molecule has 5 atom stereocenters. The molecule has 4 aromatic carbocycles. The number of esters is 4. The molecule has 1 aliphatic rings. The molecular formula is C35H27NO9S.